The minimum atomic E-state index is -0.918. The molecule has 2 aromatic rings. The average Bonchev–Trinajstić information content (AvgIpc) is 3.16. The standard InChI is InChI=1S/C23H28N2O5/c1-16-12-17(7-8-18(16)28-14-22(2,3)27)21(26)25-11-9-23(19-6-4-5-10-24-19)20(13-25)29-15-30-23/h4-8,10,12,20,27H,9,11,13-15H2,1-3H3/t20?,23-/m1/s1. The molecule has 3 heterocycles. The molecule has 7 heteroatoms. The van der Waals surface area contributed by atoms with Crippen molar-refractivity contribution in [3.8, 4) is 5.75 Å². The fourth-order valence-electron chi connectivity index (χ4n) is 4.02. The fraction of sp³-hybridized carbons (Fsp3) is 0.478. The van der Waals surface area contributed by atoms with Gasteiger partial charge in [0.15, 0.2) is 0 Å². The molecule has 2 aliphatic heterocycles. The van der Waals surface area contributed by atoms with Crippen LogP contribution in [0.1, 0.15) is 41.9 Å². The first-order valence-corrected chi connectivity index (χ1v) is 10.2. The summed E-state index contributed by atoms with van der Waals surface area (Å²) in [7, 11) is 0. The van der Waals surface area contributed by atoms with E-state index in [1.54, 1.807) is 32.2 Å². The molecule has 4 rings (SSSR count). The van der Waals surface area contributed by atoms with E-state index in [4.69, 9.17) is 14.2 Å². The Morgan fingerprint density at radius 3 is 2.90 bits per heavy atom. The summed E-state index contributed by atoms with van der Waals surface area (Å²) in [6.45, 7) is 6.67. The number of aliphatic hydroxyl groups is 1. The van der Waals surface area contributed by atoms with Crippen LogP contribution in [0.25, 0.3) is 0 Å². The minimum absolute atomic E-state index is 0.0442. The highest BCUT2D eigenvalue weighted by Crippen LogP contribution is 2.41. The zero-order valence-electron chi connectivity index (χ0n) is 17.6. The number of carbonyl (C=O) groups excluding carboxylic acids is 1. The van der Waals surface area contributed by atoms with Gasteiger partial charge in [-0.05, 0) is 56.7 Å². The summed E-state index contributed by atoms with van der Waals surface area (Å²) in [6.07, 6.45) is 2.14. The van der Waals surface area contributed by atoms with Gasteiger partial charge >= 0.3 is 0 Å². The van der Waals surface area contributed by atoms with Crippen LogP contribution < -0.4 is 4.74 Å². The van der Waals surface area contributed by atoms with E-state index in [2.05, 4.69) is 4.98 Å². The second-order valence-electron chi connectivity index (χ2n) is 8.60. The summed E-state index contributed by atoms with van der Waals surface area (Å²) in [5.41, 5.74) is 0.794. The van der Waals surface area contributed by atoms with E-state index < -0.39 is 11.2 Å². The van der Waals surface area contributed by atoms with Crippen molar-refractivity contribution in [1.29, 1.82) is 0 Å². The van der Waals surface area contributed by atoms with Crippen molar-refractivity contribution >= 4 is 5.91 Å². The van der Waals surface area contributed by atoms with Gasteiger partial charge in [0.1, 0.15) is 30.9 Å². The van der Waals surface area contributed by atoms with Crippen molar-refractivity contribution in [2.45, 2.75) is 44.5 Å². The first kappa shape index (κ1) is 20.8. The molecule has 160 valence electrons. The van der Waals surface area contributed by atoms with Gasteiger partial charge in [0.05, 0.1) is 17.8 Å². The van der Waals surface area contributed by atoms with Crippen molar-refractivity contribution < 1.29 is 24.1 Å². The lowest BCUT2D eigenvalue weighted by atomic mass is 9.85. The SMILES string of the molecule is Cc1cc(C(=O)N2CC[C@]3(c4ccccn4)OCOC3C2)ccc1OCC(C)(C)O. The number of hydrogen-bond donors (Lipinski definition) is 1. The maximum atomic E-state index is 13.1. The van der Waals surface area contributed by atoms with E-state index in [0.717, 1.165) is 11.3 Å². The van der Waals surface area contributed by atoms with Crippen LogP contribution in [0.15, 0.2) is 42.6 Å². The molecule has 1 aromatic heterocycles. The number of hydrogen-bond acceptors (Lipinski definition) is 6. The summed E-state index contributed by atoms with van der Waals surface area (Å²) >= 11 is 0. The molecule has 30 heavy (non-hydrogen) atoms. The normalized spacial score (nSPS) is 23.9. The summed E-state index contributed by atoms with van der Waals surface area (Å²) in [4.78, 5) is 19.4. The second-order valence-corrected chi connectivity index (χ2v) is 8.60. The Bertz CT molecular complexity index is 912. The molecular weight excluding hydrogens is 384 g/mol. The molecule has 1 N–H and O–H groups in total. The van der Waals surface area contributed by atoms with E-state index in [0.29, 0.717) is 30.8 Å². The first-order chi connectivity index (χ1) is 14.3. The van der Waals surface area contributed by atoms with Gasteiger partial charge in [0, 0.05) is 24.7 Å². The molecule has 2 saturated heterocycles. The highest BCUT2D eigenvalue weighted by molar-refractivity contribution is 5.94. The number of fused-ring (bicyclic) bond motifs is 1. The molecule has 0 saturated carbocycles. The number of benzene rings is 1. The highest BCUT2D eigenvalue weighted by atomic mass is 16.7. The zero-order valence-corrected chi connectivity index (χ0v) is 17.6. The topological polar surface area (TPSA) is 81.1 Å². The van der Waals surface area contributed by atoms with Crippen LogP contribution >= 0.6 is 0 Å². The zero-order chi connectivity index (χ0) is 21.4. The third kappa shape index (κ3) is 4.05. The Balaban J connectivity index is 1.47. The number of nitrogens with zero attached hydrogens (tertiary/aromatic N) is 2. The van der Waals surface area contributed by atoms with Crippen LogP contribution in [0.5, 0.6) is 5.75 Å². The molecule has 1 amide bonds. The number of piperidine rings is 1. The van der Waals surface area contributed by atoms with Gasteiger partial charge < -0.3 is 24.2 Å². The Morgan fingerprint density at radius 1 is 1.37 bits per heavy atom. The summed E-state index contributed by atoms with van der Waals surface area (Å²) in [6, 6.07) is 11.1. The third-order valence-electron chi connectivity index (χ3n) is 5.63. The largest absolute Gasteiger partial charge is 0.490 e. The smallest absolute Gasteiger partial charge is 0.253 e. The second kappa shape index (κ2) is 7.98. The molecule has 2 atom stereocenters. The number of rotatable bonds is 5. The quantitative estimate of drug-likeness (QED) is 0.813. The molecular formula is C23H28N2O5. The molecule has 0 radical (unpaired) electrons. The molecule has 1 aromatic carbocycles. The van der Waals surface area contributed by atoms with Gasteiger partial charge in [-0.25, -0.2) is 0 Å². The van der Waals surface area contributed by atoms with Gasteiger partial charge in [-0.1, -0.05) is 6.07 Å². The van der Waals surface area contributed by atoms with E-state index in [-0.39, 0.29) is 25.4 Å². The summed E-state index contributed by atoms with van der Waals surface area (Å²) in [5.74, 6) is 0.617. The maximum absolute atomic E-state index is 13.1. The summed E-state index contributed by atoms with van der Waals surface area (Å²) in [5, 5.41) is 9.85. The number of pyridine rings is 1. The Kier molecular flexibility index (Phi) is 5.53. The molecule has 0 bridgehead atoms. The van der Waals surface area contributed by atoms with E-state index >= 15 is 0 Å². The number of amides is 1. The first-order valence-electron chi connectivity index (χ1n) is 10.2. The number of ether oxygens (including phenoxy) is 3. The van der Waals surface area contributed by atoms with E-state index in [9.17, 15) is 9.90 Å². The number of likely N-dealkylation sites (tertiary alicyclic amines) is 1. The van der Waals surface area contributed by atoms with Crippen LogP contribution in [0.4, 0.5) is 0 Å². The summed E-state index contributed by atoms with van der Waals surface area (Å²) < 4.78 is 17.5. The van der Waals surface area contributed by atoms with Gasteiger partial charge in [0.25, 0.3) is 5.91 Å². The monoisotopic (exact) mass is 412 g/mol. The average molecular weight is 412 g/mol. The lowest BCUT2D eigenvalue weighted by molar-refractivity contribution is -0.0470. The van der Waals surface area contributed by atoms with Gasteiger partial charge in [0.2, 0.25) is 0 Å². The van der Waals surface area contributed by atoms with E-state index in [1.807, 2.05) is 36.1 Å². The maximum Gasteiger partial charge on any atom is 0.253 e. The van der Waals surface area contributed by atoms with Crippen molar-refractivity contribution in [2.24, 2.45) is 0 Å². The predicted molar refractivity (Wildman–Crippen MR) is 110 cm³/mol. The van der Waals surface area contributed by atoms with Crippen LogP contribution in [-0.2, 0) is 15.1 Å². The van der Waals surface area contributed by atoms with Crippen LogP contribution in [0, 0.1) is 6.92 Å². The molecule has 0 spiro atoms. The number of aryl methyl sites for hydroxylation is 1. The van der Waals surface area contributed by atoms with Gasteiger partial charge in [-0.2, -0.15) is 0 Å². The Morgan fingerprint density at radius 2 is 2.20 bits per heavy atom. The van der Waals surface area contributed by atoms with Gasteiger partial charge in [-0.15, -0.1) is 0 Å². The van der Waals surface area contributed by atoms with E-state index in [1.165, 1.54) is 0 Å². The predicted octanol–water partition coefficient (Wildman–Crippen LogP) is 2.65. The molecule has 0 aliphatic carbocycles. The Labute approximate surface area is 176 Å². The molecule has 2 aliphatic rings. The van der Waals surface area contributed by atoms with Crippen molar-refractivity contribution in [3.05, 3.63) is 59.4 Å². The number of aromatic nitrogens is 1. The van der Waals surface area contributed by atoms with Crippen molar-refractivity contribution in [1.82, 2.24) is 9.88 Å². The lowest BCUT2D eigenvalue weighted by Crippen LogP contribution is -2.53. The Hall–Kier alpha value is -2.48. The lowest BCUT2D eigenvalue weighted by Gasteiger charge is -2.41. The van der Waals surface area contributed by atoms with Crippen molar-refractivity contribution in [2.75, 3.05) is 26.5 Å². The minimum Gasteiger partial charge on any atom is -0.490 e. The van der Waals surface area contributed by atoms with Crippen LogP contribution in [0.2, 0.25) is 0 Å². The molecule has 2 fully saturated rings. The van der Waals surface area contributed by atoms with Gasteiger partial charge in [-0.3, -0.25) is 9.78 Å². The van der Waals surface area contributed by atoms with Crippen LogP contribution in [-0.4, -0.2) is 59.1 Å². The fourth-order valence-corrected chi connectivity index (χ4v) is 4.02. The molecule has 7 nitrogen and oxygen atoms in total. The third-order valence-corrected chi connectivity index (χ3v) is 5.63. The van der Waals surface area contributed by atoms with Crippen molar-refractivity contribution in [3.63, 3.8) is 0 Å². The van der Waals surface area contributed by atoms with Crippen LogP contribution in [0.3, 0.4) is 0 Å². The molecule has 1 unspecified atom stereocenters. The highest BCUT2D eigenvalue weighted by Gasteiger charge is 2.52. The number of carbonyl (C=O) groups is 1.